The third-order valence-corrected chi connectivity index (χ3v) is 3.97. The predicted octanol–water partition coefficient (Wildman–Crippen LogP) is 3.78. The molecule has 122 valence electrons. The van der Waals surface area contributed by atoms with Crippen molar-refractivity contribution in [2.24, 2.45) is 0 Å². The lowest BCUT2D eigenvalue weighted by Gasteiger charge is -2.25. The lowest BCUT2D eigenvalue weighted by atomic mass is 9.84. The molecular weight excluding hydrogens is 286 g/mol. The van der Waals surface area contributed by atoms with Crippen LogP contribution in [-0.2, 0) is 10.2 Å². The molecule has 2 aromatic rings. The SMILES string of the molecule is Cc1ccc(OCC(=O)NCC(C)(C)c2ccccc2)c(C)c1. The van der Waals surface area contributed by atoms with E-state index in [0.717, 1.165) is 11.3 Å². The largest absolute Gasteiger partial charge is 0.484 e. The van der Waals surface area contributed by atoms with Gasteiger partial charge in [-0.2, -0.15) is 0 Å². The lowest BCUT2D eigenvalue weighted by molar-refractivity contribution is -0.123. The molecule has 0 heterocycles. The Hall–Kier alpha value is -2.29. The van der Waals surface area contributed by atoms with Crippen molar-refractivity contribution in [3.8, 4) is 5.75 Å². The summed E-state index contributed by atoms with van der Waals surface area (Å²) in [7, 11) is 0. The summed E-state index contributed by atoms with van der Waals surface area (Å²) >= 11 is 0. The number of hydrogen-bond donors (Lipinski definition) is 1. The van der Waals surface area contributed by atoms with Crippen LogP contribution in [0.5, 0.6) is 5.75 Å². The summed E-state index contributed by atoms with van der Waals surface area (Å²) in [6.07, 6.45) is 0. The van der Waals surface area contributed by atoms with Gasteiger partial charge in [0.15, 0.2) is 6.61 Å². The Labute approximate surface area is 138 Å². The van der Waals surface area contributed by atoms with Gasteiger partial charge in [-0.3, -0.25) is 4.79 Å². The van der Waals surface area contributed by atoms with E-state index in [1.165, 1.54) is 11.1 Å². The summed E-state index contributed by atoms with van der Waals surface area (Å²) in [5.74, 6) is 0.655. The van der Waals surface area contributed by atoms with Gasteiger partial charge in [-0.1, -0.05) is 61.9 Å². The van der Waals surface area contributed by atoms with Crippen LogP contribution in [0.3, 0.4) is 0 Å². The smallest absolute Gasteiger partial charge is 0.257 e. The topological polar surface area (TPSA) is 38.3 Å². The molecule has 0 saturated carbocycles. The van der Waals surface area contributed by atoms with E-state index in [4.69, 9.17) is 4.74 Å². The van der Waals surface area contributed by atoms with Crippen molar-refractivity contribution in [1.29, 1.82) is 0 Å². The molecule has 23 heavy (non-hydrogen) atoms. The van der Waals surface area contributed by atoms with Gasteiger partial charge in [0.25, 0.3) is 5.91 Å². The summed E-state index contributed by atoms with van der Waals surface area (Å²) in [5, 5.41) is 2.96. The van der Waals surface area contributed by atoms with E-state index < -0.39 is 0 Å². The van der Waals surface area contributed by atoms with Gasteiger partial charge in [0.05, 0.1) is 0 Å². The Bertz CT molecular complexity index is 663. The van der Waals surface area contributed by atoms with E-state index in [-0.39, 0.29) is 17.9 Å². The standard InChI is InChI=1S/C20H25NO2/c1-15-10-11-18(16(2)12-15)23-13-19(22)21-14-20(3,4)17-8-6-5-7-9-17/h5-12H,13-14H2,1-4H3,(H,21,22). The molecule has 0 aliphatic carbocycles. The number of carbonyl (C=O) groups is 1. The molecule has 3 nitrogen and oxygen atoms in total. The number of amides is 1. The maximum atomic E-state index is 12.0. The minimum absolute atomic E-state index is 0.0365. The minimum atomic E-state index is -0.114. The Morgan fingerprint density at radius 3 is 2.43 bits per heavy atom. The van der Waals surface area contributed by atoms with Crippen LogP contribution in [0.1, 0.15) is 30.5 Å². The Morgan fingerprint density at radius 2 is 1.78 bits per heavy atom. The summed E-state index contributed by atoms with van der Waals surface area (Å²) in [5.41, 5.74) is 3.32. The van der Waals surface area contributed by atoms with E-state index in [9.17, 15) is 4.79 Å². The highest BCUT2D eigenvalue weighted by atomic mass is 16.5. The monoisotopic (exact) mass is 311 g/mol. The lowest BCUT2D eigenvalue weighted by Crippen LogP contribution is -2.38. The Morgan fingerprint density at radius 1 is 1.09 bits per heavy atom. The maximum absolute atomic E-state index is 12.0. The molecule has 0 aliphatic rings. The van der Waals surface area contributed by atoms with Crippen molar-refractivity contribution >= 4 is 5.91 Å². The zero-order valence-electron chi connectivity index (χ0n) is 14.3. The van der Waals surface area contributed by atoms with Crippen molar-refractivity contribution < 1.29 is 9.53 Å². The number of benzene rings is 2. The average molecular weight is 311 g/mol. The van der Waals surface area contributed by atoms with Crippen LogP contribution in [-0.4, -0.2) is 19.1 Å². The highest BCUT2D eigenvalue weighted by Gasteiger charge is 2.21. The van der Waals surface area contributed by atoms with Gasteiger partial charge in [0, 0.05) is 12.0 Å². The minimum Gasteiger partial charge on any atom is -0.484 e. The third kappa shape index (κ3) is 4.85. The molecule has 1 N–H and O–H groups in total. The molecule has 0 aromatic heterocycles. The Balaban J connectivity index is 1.85. The second-order valence-electron chi connectivity index (χ2n) is 6.58. The average Bonchev–Trinajstić information content (AvgIpc) is 2.53. The van der Waals surface area contributed by atoms with Gasteiger partial charge >= 0.3 is 0 Å². The first kappa shape index (κ1) is 17.1. The molecule has 0 atom stereocenters. The van der Waals surface area contributed by atoms with Gasteiger partial charge in [0.1, 0.15) is 5.75 Å². The van der Waals surface area contributed by atoms with Crippen LogP contribution in [0.4, 0.5) is 0 Å². The Kier molecular flexibility index (Phi) is 5.43. The molecule has 0 spiro atoms. The molecular formula is C20H25NO2. The van der Waals surface area contributed by atoms with E-state index >= 15 is 0 Å². The molecule has 1 amide bonds. The molecule has 2 rings (SSSR count). The van der Waals surface area contributed by atoms with Crippen LogP contribution < -0.4 is 10.1 Å². The third-order valence-electron chi connectivity index (χ3n) is 3.97. The van der Waals surface area contributed by atoms with Gasteiger partial charge < -0.3 is 10.1 Å². The molecule has 0 unspecified atom stereocenters. The highest BCUT2D eigenvalue weighted by molar-refractivity contribution is 5.77. The van der Waals surface area contributed by atoms with Crippen molar-refractivity contribution in [2.75, 3.05) is 13.2 Å². The predicted molar refractivity (Wildman–Crippen MR) is 93.9 cm³/mol. The number of rotatable bonds is 6. The zero-order valence-corrected chi connectivity index (χ0v) is 14.3. The van der Waals surface area contributed by atoms with Gasteiger partial charge in [-0.05, 0) is 31.0 Å². The van der Waals surface area contributed by atoms with Crippen molar-refractivity contribution in [1.82, 2.24) is 5.32 Å². The molecule has 2 aromatic carbocycles. The molecule has 0 saturated heterocycles. The highest BCUT2D eigenvalue weighted by Crippen LogP contribution is 2.22. The van der Waals surface area contributed by atoms with Crippen LogP contribution in [0.25, 0.3) is 0 Å². The first-order valence-electron chi connectivity index (χ1n) is 7.91. The summed E-state index contributed by atoms with van der Waals surface area (Å²) < 4.78 is 5.61. The zero-order chi connectivity index (χ0) is 16.9. The number of ether oxygens (including phenoxy) is 1. The summed E-state index contributed by atoms with van der Waals surface area (Å²) in [6, 6.07) is 16.1. The quantitative estimate of drug-likeness (QED) is 0.882. The van der Waals surface area contributed by atoms with Crippen molar-refractivity contribution in [3.63, 3.8) is 0 Å². The van der Waals surface area contributed by atoms with Crippen LogP contribution in [0.15, 0.2) is 48.5 Å². The van der Waals surface area contributed by atoms with Crippen molar-refractivity contribution in [2.45, 2.75) is 33.1 Å². The number of nitrogens with one attached hydrogen (secondary N) is 1. The van der Waals surface area contributed by atoms with Crippen LogP contribution >= 0.6 is 0 Å². The summed E-state index contributed by atoms with van der Waals surface area (Å²) in [6.45, 7) is 8.87. The van der Waals surface area contributed by atoms with Gasteiger partial charge in [0.2, 0.25) is 0 Å². The van der Waals surface area contributed by atoms with Crippen LogP contribution in [0, 0.1) is 13.8 Å². The molecule has 0 aliphatic heterocycles. The van der Waals surface area contributed by atoms with E-state index in [1.807, 2.05) is 50.2 Å². The van der Waals surface area contributed by atoms with Crippen molar-refractivity contribution in [3.05, 3.63) is 65.2 Å². The second-order valence-corrected chi connectivity index (χ2v) is 6.58. The second kappa shape index (κ2) is 7.32. The molecule has 0 fully saturated rings. The fourth-order valence-corrected chi connectivity index (χ4v) is 2.47. The van der Waals surface area contributed by atoms with Gasteiger partial charge in [-0.15, -0.1) is 0 Å². The molecule has 0 radical (unpaired) electrons. The number of aryl methyl sites for hydroxylation is 2. The first-order chi connectivity index (χ1) is 10.9. The fourth-order valence-electron chi connectivity index (χ4n) is 2.47. The number of carbonyl (C=O) groups excluding carboxylic acids is 1. The van der Waals surface area contributed by atoms with E-state index in [0.29, 0.717) is 6.54 Å². The van der Waals surface area contributed by atoms with Gasteiger partial charge in [-0.25, -0.2) is 0 Å². The van der Waals surface area contributed by atoms with E-state index in [1.54, 1.807) is 0 Å². The number of hydrogen-bond acceptors (Lipinski definition) is 2. The molecule has 0 bridgehead atoms. The normalized spacial score (nSPS) is 11.1. The van der Waals surface area contributed by atoms with E-state index in [2.05, 4.69) is 31.3 Å². The first-order valence-corrected chi connectivity index (χ1v) is 7.91. The fraction of sp³-hybridized carbons (Fsp3) is 0.350. The van der Waals surface area contributed by atoms with Crippen LogP contribution in [0.2, 0.25) is 0 Å². The molecule has 3 heteroatoms. The summed E-state index contributed by atoms with van der Waals surface area (Å²) in [4.78, 5) is 12.0. The maximum Gasteiger partial charge on any atom is 0.257 e.